The lowest BCUT2D eigenvalue weighted by Crippen LogP contribution is -2.58. The summed E-state index contributed by atoms with van der Waals surface area (Å²) in [6, 6.07) is 16.7. The van der Waals surface area contributed by atoms with Crippen molar-refractivity contribution >= 4 is 40.4 Å². The van der Waals surface area contributed by atoms with Gasteiger partial charge in [0.1, 0.15) is 18.5 Å². The molecule has 11 rings (SSSR count). The van der Waals surface area contributed by atoms with Crippen LogP contribution in [0.25, 0.3) is 22.3 Å². The minimum absolute atomic E-state index is 0.0442. The van der Waals surface area contributed by atoms with E-state index in [4.69, 9.17) is 19.2 Å². The van der Waals surface area contributed by atoms with E-state index in [9.17, 15) is 29.1 Å². The van der Waals surface area contributed by atoms with E-state index in [1.54, 1.807) is 36.1 Å². The minimum Gasteiger partial charge on any atom is -0.462 e. The van der Waals surface area contributed by atoms with Gasteiger partial charge in [0, 0.05) is 97.8 Å². The fourth-order valence-corrected chi connectivity index (χ4v) is 15.0. The van der Waals surface area contributed by atoms with Crippen molar-refractivity contribution in [2.75, 3.05) is 52.2 Å². The number of benzene rings is 2. The molecular formula is C63H78N6O9. The maximum absolute atomic E-state index is 14.1. The number of anilines is 1. The first-order valence-electron chi connectivity index (χ1n) is 28.8. The number of piperazine rings is 1. The van der Waals surface area contributed by atoms with Crippen molar-refractivity contribution in [2.45, 2.75) is 161 Å². The molecule has 2 saturated carbocycles. The highest BCUT2D eigenvalue weighted by atomic mass is 16.6. The highest BCUT2D eigenvalue weighted by molar-refractivity contribution is 5.93. The molecule has 1 unspecified atom stereocenters. The molecule has 0 bridgehead atoms. The van der Waals surface area contributed by atoms with Crippen LogP contribution in [0, 0.1) is 17.3 Å². The fraction of sp³-hybridized carbons (Fsp3) is 0.556. The average Bonchev–Trinajstić information content (AvgIpc) is 4.12. The maximum atomic E-state index is 14.1. The van der Waals surface area contributed by atoms with E-state index in [1.807, 2.05) is 42.1 Å². The zero-order valence-corrected chi connectivity index (χ0v) is 47.0. The molecule has 4 aromatic rings. The highest BCUT2D eigenvalue weighted by Crippen LogP contribution is 2.64. The molecule has 1 saturated heterocycles. The average molecular weight is 1060 g/mol. The normalized spacial score (nSPS) is 27.4. The first-order valence-corrected chi connectivity index (χ1v) is 28.8. The number of pyridine rings is 2. The molecular weight excluding hydrogens is 985 g/mol. The van der Waals surface area contributed by atoms with Gasteiger partial charge in [-0.25, -0.2) is 14.6 Å². The number of carbonyl (C=O) groups is 4. The molecule has 15 nitrogen and oxygen atoms in total. The molecule has 1 amide bonds. The summed E-state index contributed by atoms with van der Waals surface area (Å²) in [7, 11) is 6.12. The van der Waals surface area contributed by atoms with Crippen molar-refractivity contribution < 1.29 is 38.5 Å². The number of nitrogens with zero attached hydrogens (tertiary/aromatic N) is 6. The molecule has 15 heteroatoms. The van der Waals surface area contributed by atoms with E-state index in [2.05, 4.69) is 61.9 Å². The second kappa shape index (κ2) is 21.1. The van der Waals surface area contributed by atoms with Gasteiger partial charge >= 0.3 is 18.0 Å². The third-order valence-corrected chi connectivity index (χ3v) is 19.2. The molecule has 2 aromatic heterocycles. The predicted molar refractivity (Wildman–Crippen MR) is 299 cm³/mol. The molecule has 3 fully saturated rings. The van der Waals surface area contributed by atoms with E-state index in [0.717, 1.165) is 100 Å². The van der Waals surface area contributed by atoms with Crippen LogP contribution in [0.2, 0.25) is 0 Å². The number of aliphatic hydroxyl groups is 1. The van der Waals surface area contributed by atoms with Crippen LogP contribution in [0.4, 0.5) is 10.5 Å². The molecule has 2 aromatic carbocycles. The summed E-state index contributed by atoms with van der Waals surface area (Å²) in [5, 5.41) is 12.2. The van der Waals surface area contributed by atoms with Crippen molar-refractivity contribution in [3.8, 4) is 17.1 Å². The van der Waals surface area contributed by atoms with E-state index in [1.165, 1.54) is 22.4 Å². The summed E-state index contributed by atoms with van der Waals surface area (Å²) in [5.74, 6) is 0.960. The smallest absolute Gasteiger partial charge is 0.415 e. The van der Waals surface area contributed by atoms with Gasteiger partial charge in [0.2, 0.25) is 0 Å². The first-order chi connectivity index (χ1) is 37.4. The van der Waals surface area contributed by atoms with Gasteiger partial charge in [-0.05, 0) is 163 Å². The summed E-state index contributed by atoms with van der Waals surface area (Å²) in [6.45, 7) is 13.7. The van der Waals surface area contributed by atoms with Crippen LogP contribution in [0.1, 0.15) is 145 Å². The summed E-state index contributed by atoms with van der Waals surface area (Å²) < 4.78 is 19.2. The number of aromatic nitrogens is 2. The van der Waals surface area contributed by atoms with Crippen LogP contribution in [0.3, 0.4) is 0 Å². The Kier molecular flexibility index (Phi) is 14.6. The van der Waals surface area contributed by atoms with Crippen LogP contribution >= 0.6 is 0 Å². The van der Waals surface area contributed by atoms with Crippen LogP contribution in [-0.4, -0.2) is 119 Å². The van der Waals surface area contributed by atoms with Crippen molar-refractivity contribution in [1.82, 2.24) is 24.3 Å². The number of hydrogen-bond acceptors (Lipinski definition) is 13. The van der Waals surface area contributed by atoms with E-state index in [0.29, 0.717) is 54.0 Å². The van der Waals surface area contributed by atoms with Gasteiger partial charge < -0.3 is 38.6 Å². The van der Waals surface area contributed by atoms with E-state index in [-0.39, 0.29) is 83.6 Å². The third-order valence-electron chi connectivity index (χ3n) is 19.2. The van der Waals surface area contributed by atoms with Crippen molar-refractivity contribution in [2.24, 2.45) is 17.3 Å². The molecule has 7 aliphatic rings. The number of hydrogen-bond donors (Lipinski definition) is 1. The number of ketones is 1. The Balaban J connectivity index is 0.685. The molecule has 8 atom stereocenters. The Labute approximate surface area is 458 Å². The van der Waals surface area contributed by atoms with Crippen molar-refractivity contribution in [1.29, 1.82) is 0 Å². The van der Waals surface area contributed by atoms with Gasteiger partial charge in [0.05, 0.1) is 29.0 Å². The Morgan fingerprint density at radius 3 is 2.46 bits per heavy atom. The summed E-state index contributed by atoms with van der Waals surface area (Å²) in [4.78, 5) is 79.3. The lowest BCUT2D eigenvalue weighted by atomic mass is 9.53. The topological polar surface area (TPSA) is 164 Å². The van der Waals surface area contributed by atoms with Crippen molar-refractivity contribution in [3.63, 3.8) is 0 Å². The van der Waals surface area contributed by atoms with Gasteiger partial charge in [-0.1, -0.05) is 44.4 Å². The Hall–Kier alpha value is -6.16. The Morgan fingerprint density at radius 2 is 1.71 bits per heavy atom. The number of unbranched alkanes of at least 4 members (excludes halogenated alkanes) is 3. The molecule has 5 heterocycles. The zero-order chi connectivity index (χ0) is 54.9. The zero-order valence-electron chi connectivity index (χ0n) is 47.0. The molecule has 414 valence electrons. The second-order valence-electron chi connectivity index (χ2n) is 24.3. The van der Waals surface area contributed by atoms with Crippen LogP contribution in [0.15, 0.2) is 76.1 Å². The minimum atomic E-state index is -1.91. The van der Waals surface area contributed by atoms with Crippen LogP contribution < -0.4 is 15.2 Å². The molecule has 78 heavy (non-hydrogen) atoms. The molecule has 4 aliphatic carbocycles. The molecule has 3 aliphatic heterocycles. The number of esters is 2. The lowest BCUT2D eigenvalue weighted by Gasteiger charge is -2.52. The quantitative estimate of drug-likeness (QED) is 0.0827. The highest BCUT2D eigenvalue weighted by Gasteiger charge is 2.58. The first kappa shape index (κ1) is 53.8. The van der Waals surface area contributed by atoms with Gasteiger partial charge in [0.15, 0.2) is 11.4 Å². The number of allylic oxidation sites excluding steroid dienone is 4. The number of ether oxygens (including phenoxy) is 3. The largest absolute Gasteiger partial charge is 0.462 e. The molecule has 0 spiro atoms. The molecule has 0 radical (unpaired) electrons. The summed E-state index contributed by atoms with van der Waals surface area (Å²) in [6.07, 6.45) is 12.4. The van der Waals surface area contributed by atoms with Gasteiger partial charge in [-0.2, -0.15) is 0 Å². The Bertz CT molecular complexity index is 3200. The monoisotopic (exact) mass is 1060 g/mol. The summed E-state index contributed by atoms with van der Waals surface area (Å²) in [5.41, 5.74) is 8.55. The van der Waals surface area contributed by atoms with Crippen LogP contribution in [0.5, 0.6) is 5.75 Å². The van der Waals surface area contributed by atoms with Crippen LogP contribution in [-0.2, 0) is 49.2 Å². The fourth-order valence-electron chi connectivity index (χ4n) is 15.0. The number of rotatable bonds is 14. The second-order valence-corrected chi connectivity index (χ2v) is 24.3. The Morgan fingerprint density at radius 1 is 0.923 bits per heavy atom. The summed E-state index contributed by atoms with van der Waals surface area (Å²) >= 11 is 0. The predicted octanol–water partition coefficient (Wildman–Crippen LogP) is 9.56. The number of carbonyl (C=O) groups excluding carboxylic acids is 4. The molecule has 1 N–H and O–H groups in total. The van der Waals surface area contributed by atoms with E-state index < -0.39 is 11.6 Å². The van der Waals surface area contributed by atoms with Gasteiger partial charge in [-0.3, -0.25) is 19.3 Å². The SMILES string of the molecule is CC[C@@]1(O)C(=O)OCc2c1cc1n(c2=O)Cc2cc3c(CN(C)C)c(OC(=O)N4C[C@H](C)N(CCCCCCN(C)c5ccc([C@H]6C[C@]7(C)[C@H](OC(C)=O)CC[C@H]7C7CCC8=CC(=O)CCC8=C76)cc5)C[C@H]4C)ccc3nc2-1. The number of cyclic esters (lactones) is 1. The number of amides is 1. The van der Waals surface area contributed by atoms with Gasteiger partial charge in [-0.15, -0.1) is 0 Å². The maximum Gasteiger partial charge on any atom is 0.415 e. The van der Waals surface area contributed by atoms with Crippen molar-refractivity contribution in [3.05, 3.63) is 109 Å². The van der Waals surface area contributed by atoms with Gasteiger partial charge in [0.25, 0.3) is 5.56 Å². The number of fused-ring (bicyclic) bond motifs is 9. The van der Waals surface area contributed by atoms with E-state index >= 15 is 0 Å². The standard InChI is InChI=1S/C63H78N6O9/c1-9-63(75)52-30-54-58-42(34-69(54)59(72)50(52)36-76-60(63)73)29-47-49(35-65(6)7)55(24-23-53(47)64-58)78-61(74)68-33-37(2)67(32-38(68)3)27-13-11-10-12-26-66(8)43-17-14-40(15-18-43)48-31-62(5)51(22-25-56(62)77-39(4)70)46-20-16-41-28-44(71)19-21-45(41)57(46)48/h14-15,17-18,23-24,28-30,37-38,46,48,51,56,75H,9-13,16,19-22,25-27,31-36H2,1-8H3/t37-,38+,46?,48+,51-,56+,62-,63-/m0/s1. The lowest BCUT2D eigenvalue weighted by molar-refractivity contribution is -0.172. The third kappa shape index (κ3) is 9.58.